The van der Waals surface area contributed by atoms with Gasteiger partial charge in [0.05, 0.1) is 11.4 Å². The summed E-state index contributed by atoms with van der Waals surface area (Å²) in [5, 5.41) is 11.2. The number of aryl methyl sites for hydroxylation is 1. The van der Waals surface area contributed by atoms with Crippen molar-refractivity contribution in [2.45, 2.75) is 38.6 Å². The quantitative estimate of drug-likeness (QED) is 0.645. The van der Waals surface area contributed by atoms with E-state index in [9.17, 15) is 14.0 Å². The van der Waals surface area contributed by atoms with E-state index in [1.807, 2.05) is 30.3 Å². The molecule has 7 nitrogen and oxygen atoms in total. The van der Waals surface area contributed by atoms with Crippen LogP contribution in [0.4, 0.5) is 4.39 Å². The summed E-state index contributed by atoms with van der Waals surface area (Å²) in [6.45, 7) is 2.87. The van der Waals surface area contributed by atoms with Crippen molar-refractivity contribution in [3.05, 3.63) is 77.4 Å². The van der Waals surface area contributed by atoms with Gasteiger partial charge in [-0.15, -0.1) is 5.10 Å². The van der Waals surface area contributed by atoms with Crippen molar-refractivity contribution >= 4 is 11.8 Å². The topological polar surface area (TPSA) is 80.1 Å². The summed E-state index contributed by atoms with van der Waals surface area (Å²) < 4.78 is 14.7. The van der Waals surface area contributed by atoms with E-state index in [-0.39, 0.29) is 23.7 Å². The molecule has 8 heteroatoms. The van der Waals surface area contributed by atoms with Crippen LogP contribution in [0.1, 0.15) is 41.0 Å². The first-order chi connectivity index (χ1) is 15.5. The number of aromatic nitrogens is 3. The van der Waals surface area contributed by atoms with E-state index in [1.54, 1.807) is 24.0 Å². The number of rotatable bonds is 6. The highest BCUT2D eigenvalue weighted by atomic mass is 19.1. The van der Waals surface area contributed by atoms with Crippen molar-refractivity contribution in [2.24, 2.45) is 0 Å². The van der Waals surface area contributed by atoms with E-state index < -0.39 is 0 Å². The van der Waals surface area contributed by atoms with E-state index in [0.29, 0.717) is 55.8 Å². The largest absolute Gasteiger partial charge is 0.353 e. The Morgan fingerprint density at radius 1 is 1.06 bits per heavy atom. The molecule has 3 aromatic rings. The first-order valence-corrected chi connectivity index (χ1v) is 10.8. The van der Waals surface area contributed by atoms with Gasteiger partial charge in [-0.1, -0.05) is 35.5 Å². The van der Waals surface area contributed by atoms with Crippen molar-refractivity contribution in [1.82, 2.24) is 25.2 Å². The van der Waals surface area contributed by atoms with Crippen molar-refractivity contribution in [3.8, 4) is 5.69 Å². The van der Waals surface area contributed by atoms with E-state index in [1.165, 1.54) is 16.8 Å². The molecule has 2 aromatic carbocycles. The van der Waals surface area contributed by atoms with Crippen molar-refractivity contribution in [1.29, 1.82) is 0 Å². The summed E-state index contributed by atoms with van der Waals surface area (Å²) in [7, 11) is 0. The molecule has 0 unspecified atom stereocenters. The molecule has 0 atom stereocenters. The molecule has 2 amide bonds. The molecule has 2 heterocycles. The van der Waals surface area contributed by atoms with Gasteiger partial charge in [0, 0.05) is 25.6 Å². The van der Waals surface area contributed by atoms with Gasteiger partial charge in [-0.2, -0.15) is 0 Å². The first-order valence-electron chi connectivity index (χ1n) is 10.8. The normalized spacial score (nSPS) is 14.4. The molecule has 1 aliphatic rings. The second-order valence-electron chi connectivity index (χ2n) is 8.03. The molecule has 166 valence electrons. The maximum Gasteiger partial charge on any atom is 0.276 e. The molecular formula is C24H26FN5O2. The summed E-state index contributed by atoms with van der Waals surface area (Å²) in [5.41, 5.74) is 2.69. The Hall–Kier alpha value is -3.55. The van der Waals surface area contributed by atoms with Gasteiger partial charge in [-0.25, -0.2) is 9.07 Å². The third-order valence-corrected chi connectivity index (χ3v) is 5.80. The van der Waals surface area contributed by atoms with Gasteiger partial charge in [0.25, 0.3) is 5.91 Å². The molecule has 0 radical (unpaired) electrons. The molecule has 0 bridgehead atoms. The zero-order valence-corrected chi connectivity index (χ0v) is 18.0. The summed E-state index contributed by atoms with van der Waals surface area (Å²) >= 11 is 0. The minimum absolute atomic E-state index is 0.0386. The standard InChI is InChI=1S/C24H26FN5O2/c1-17-23(27-28-30(17)21-10-8-19(25)9-11-21)24(32)29-15-13-20(14-16-29)26-22(31)12-7-18-5-3-2-4-6-18/h2-6,8-11,20H,7,12-16H2,1H3,(H,26,31). The van der Waals surface area contributed by atoms with Crippen LogP contribution in [0.5, 0.6) is 0 Å². The van der Waals surface area contributed by atoms with Crippen LogP contribution >= 0.6 is 0 Å². The number of hydrogen-bond acceptors (Lipinski definition) is 4. The highest BCUT2D eigenvalue weighted by Crippen LogP contribution is 2.18. The number of likely N-dealkylation sites (tertiary alicyclic amines) is 1. The van der Waals surface area contributed by atoms with Crippen LogP contribution in [0, 0.1) is 12.7 Å². The molecule has 32 heavy (non-hydrogen) atoms. The van der Waals surface area contributed by atoms with Gasteiger partial charge in [-0.3, -0.25) is 9.59 Å². The Kier molecular flexibility index (Phi) is 6.58. The second-order valence-corrected chi connectivity index (χ2v) is 8.03. The molecule has 1 N–H and O–H groups in total. The Labute approximate surface area is 186 Å². The fourth-order valence-electron chi connectivity index (χ4n) is 3.93. The lowest BCUT2D eigenvalue weighted by molar-refractivity contribution is -0.122. The molecule has 1 fully saturated rings. The fraction of sp³-hybridized carbons (Fsp3) is 0.333. The summed E-state index contributed by atoms with van der Waals surface area (Å²) in [4.78, 5) is 27.0. The minimum atomic E-state index is -0.335. The van der Waals surface area contributed by atoms with E-state index in [0.717, 1.165) is 5.56 Å². The predicted octanol–water partition coefficient (Wildman–Crippen LogP) is 3.07. The van der Waals surface area contributed by atoms with Crippen molar-refractivity contribution in [2.75, 3.05) is 13.1 Å². The zero-order valence-electron chi connectivity index (χ0n) is 18.0. The lowest BCUT2D eigenvalue weighted by Gasteiger charge is -2.32. The van der Waals surface area contributed by atoms with Crippen molar-refractivity contribution in [3.63, 3.8) is 0 Å². The SMILES string of the molecule is Cc1c(C(=O)N2CCC(NC(=O)CCc3ccccc3)CC2)nnn1-c1ccc(F)cc1. The lowest BCUT2D eigenvalue weighted by atomic mass is 10.0. The monoisotopic (exact) mass is 435 g/mol. The highest BCUT2D eigenvalue weighted by molar-refractivity contribution is 5.93. The number of halogens is 1. The van der Waals surface area contributed by atoms with Crippen LogP contribution in [0.3, 0.4) is 0 Å². The maximum absolute atomic E-state index is 13.2. The van der Waals surface area contributed by atoms with Crippen LogP contribution in [-0.4, -0.2) is 50.8 Å². The van der Waals surface area contributed by atoms with Crippen LogP contribution in [0.15, 0.2) is 54.6 Å². The zero-order chi connectivity index (χ0) is 22.5. The summed E-state index contributed by atoms with van der Waals surface area (Å²) in [6, 6.07) is 15.9. The van der Waals surface area contributed by atoms with Crippen LogP contribution in [0.25, 0.3) is 5.69 Å². The van der Waals surface area contributed by atoms with Gasteiger partial charge in [0.1, 0.15) is 5.82 Å². The molecule has 0 aliphatic carbocycles. The smallest absolute Gasteiger partial charge is 0.276 e. The van der Waals surface area contributed by atoms with Crippen molar-refractivity contribution < 1.29 is 14.0 Å². The second kappa shape index (κ2) is 9.72. The molecule has 1 aromatic heterocycles. The first kappa shape index (κ1) is 21.7. The van der Waals surface area contributed by atoms with Gasteiger partial charge < -0.3 is 10.2 Å². The number of piperidine rings is 1. The molecule has 1 saturated heterocycles. The Morgan fingerprint density at radius 3 is 2.44 bits per heavy atom. The average molecular weight is 436 g/mol. The lowest BCUT2D eigenvalue weighted by Crippen LogP contribution is -2.46. The third kappa shape index (κ3) is 5.01. The third-order valence-electron chi connectivity index (χ3n) is 5.80. The molecular weight excluding hydrogens is 409 g/mol. The van der Waals surface area contributed by atoms with Crippen LogP contribution < -0.4 is 5.32 Å². The molecule has 1 aliphatic heterocycles. The van der Waals surface area contributed by atoms with E-state index >= 15 is 0 Å². The number of carbonyl (C=O) groups is 2. The van der Waals surface area contributed by atoms with Gasteiger partial charge >= 0.3 is 0 Å². The van der Waals surface area contributed by atoms with Crippen LogP contribution in [0.2, 0.25) is 0 Å². The number of nitrogens with one attached hydrogen (secondary N) is 1. The predicted molar refractivity (Wildman–Crippen MR) is 118 cm³/mol. The van der Waals surface area contributed by atoms with E-state index in [4.69, 9.17) is 0 Å². The average Bonchev–Trinajstić information content (AvgIpc) is 3.20. The highest BCUT2D eigenvalue weighted by Gasteiger charge is 2.28. The molecule has 0 saturated carbocycles. The number of amides is 2. The summed E-state index contributed by atoms with van der Waals surface area (Å²) in [6.07, 6.45) is 2.57. The Bertz CT molecular complexity index is 1070. The Morgan fingerprint density at radius 2 is 1.75 bits per heavy atom. The number of benzene rings is 2. The van der Waals surface area contributed by atoms with Gasteiger partial charge in [-0.05, 0) is 56.0 Å². The molecule has 0 spiro atoms. The summed E-state index contributed by atoms with van der Waals surface area (Å²) in [5.74, 6) is -0.473. The van der Waals surface area contributed by atoms with Crippen LogP contribution in [-0.2, 0) is 11.2 Å². The number of nitrogens with zero attached hydrogens (tertiary/aromatic N) is 4. The maximum atomic E-state index is 13.2. The van der Waals surface area contributed by atoms with E-state index in [2.05, 4.69) is 15.6 Å². The minimum Gasteiger partial charge on any atom is -0.353 e. The number of carbonyl (C=O) groups excluding carboxylic acids is 2. The Balaban J connectivity index is 1.29. The fourth-order valence-corrected chi connectivity index (χ4v) is 3.93. The van der Waals surface area contributed by atoms with Gasteiger partial charge in [0.2, 0.25) is 5.91 Å². The van der Waals surface area contributed by atoms with Gasteiger partial charge in [0.15, 0.2) is 5.69 Å². The molecule has 4 rings (SSSR count). The number of hydrogen-bond donors (Lipinski definition) is 1.